The summed E-state index contributed by atoms with van der Waals surface area (Å²) in [6.45, 7) is 0. The molecule has 1 N–H and O–H groups in total. The number of amides is 1. The number of hydrogen-bond acceptors (Lipinski definition) is 5. The Balaban J connectivity index is 1.64. The van der Waals surface area contributed by atoms with E-state index in [0.717, 1.165) is 28.9 Å². The monoisotopic (exact) mass is 370 g/mol. The quantitative estimate of drug-likeness (QED) is 0.898. The number of nitrogens with one attached hydrogen (secondary N) is 1. The molecule has 1 aromatic heterocycles. The Hall–Kier alpha value is -2.13. The van der Waals surface area contributed by atoms with Gasteiger partial charge in [-0.3, -0.25) is 4.79 Å². The van der Waals surface area contributed by atoms with Crippen LogP contribution in [-0.2, 0) is 14.6 Å². The molecule has 5 nitrogen and oxygen atoms in total. The zero-order valence-corrected chi connectivity index (χ0v) is 13.8. The third kappa shape index (κ3) is 3.85. The molecule has 0 aliphatic carbocycles. The van der Waals surface area contributed by atoms with Crippen LogP contribution in [0, 0.1) is 17.6 Å². The number of rotatable bonds is 4. The van der Waals surface area contributed by atoms with Crippen LogP contribution in [0.15, 0.2) is 35.1 Å². The van der Waals surface area contributed by atoms with Crippen LogP contribution in [0.3, 0.4) is 0 Å². The highest BCUT2D eigenvalue weighted by atomic mass is 32.2. The van der Waals surface area contributed by atoms with Crippen molar-refractivity contribution in [2.75, 3.05) is 11.1 Å². The van der Waals surface area contributed by atoms with Crippen LogP contribution < -0.4 is 5.32 Å². The van der Waals surface area contributed by atoms with E-state index in [1.807, 2.05) is 0 Å². The Morgan fingerprint density at radius 3 is 2.79 bits per heavy atom. The summed E-state index contributed by atoms with van der Waals surface area (Å²) in [5.41, 5.74) is 0.813. The van der Waals surface area contributed by atoms with Gasteiger partial charge in [0, 0.05) is 28.7 Å². The highest BCUT2D eigenvalue weighted by Crippen LogP contribution is 2.26. The van der Waals surface area contributed by atoms with Gasteiger partial charge >= 0.3 is 0 Å². The molecule has 1 unspecified atom stereocenters. The summed E-state index contributed by atoms with van der Waals surface area (Å²) in [5.74, 6) is -2.69. The molecule has 0 saturated carbocycles. The predicted molar refractivity (Wildman–Crippen MR) is 87.1 cm³/mol. The van der Waals surface area contributed by atoms with Crippen molar-refractivity contribution in [3.63, 3.8) is 0 Å². The molecule has 9 heteroatoms. The molecule has 1 aliphatic heterocycles. The first-order valence-electron chi connectivity index (χ1n) is 6.94. The number of nitrogens with zero attached hydrogens (tertiary/aromatic N) is 1. The van der Waals surface area contributed by atoms with Gasteiger partial charge in [-0.2, -0.15) is 0 Å². The number of hydrogen-bond donors (Lipinski definition) is 1. The molecular formula is C15H12F2N2O3S2. The minimum absolute atomic E-state index is 0.0375. The number of carbonyl (C=O) groups is 1. The van der Waals surface area contributed by atoms with Gasteiger partial charge in [-0.15, -0.1) is 11.3 Å². The molecule has 2 heterocycles. The summed E-state index contributed by atoms with van der Waals surface area (Å²) in [5, 5.41) is 5.63. The fourth-order valence-electron chi connectivity index (χ4n) is 2.29. The van der Waals surface area contributed by atoms with E-state index in [9.17, 15) is 22.0 Å². The van der Waals surface area contributed by atoms with Crippen LogP contribution >= 0.6 is 11.3 Å². The van der Waals surface area contributed by atoms with E-state index in [0.29, 0.717) is 16.4 Å². The number of benzene rings is 1. The second kappa shape index (κ2) is 6.40. The third-order valence-corrected chi connectivity index (χ3v) is 5.64. The van der Waals surface area contributed by atoms with Gasteiger partial charge in [-0.05, 0) is 18.2 Å². The predicted octanol–water partition coefficient (Wildman–Crippen LogP) is 2.98. The number of anilines is 1. The molecule has 0 fully saturated rings. The van der Waals surface area contributed by atoms with Crippen molar-refractivity contribution in [1.82, 2.24) is 4.98 Å². The van der Waals surface area contributed by atoms with Crippen molar-refractivity contribution < 1.29 is 22.0 Å². The molecular weight excluding hydrogens is 358 g/mol. The SMILES string of the molecule is O=C(CC1C=CS(=O)(=O)C1)Nc1nc(-c2ccc(F)c(F)c2)cs1. The lowest BCUT2D eigenvalue weighted by Crippen LogP contribution is -2.17. The van der Waals surface area contributed by atoms with Crippen LogP contribution in [-0.4, -0.2) is 25.1 Å². The van der Waals surface area contributed by atoms with Crippen LogP contribution in [0.25, 0.3) is 11.3 Å². The molecule has 24 heavy (non-hydrogen) atoms. The maximum Gasteiger partial charge on any atom is 0.226 e. The first-order valence-corrected chi connectivity index (χ1v) is 9.54. The Kier molecular flexibility index (Phi) is 4.46. The van der Waals surface area contributed by atoms with Crippen LogP contribution in [0.5, 0.6) is 0 Å². The second-order valence-corrected chi connectivity index (χ2v) is 8.13. The zero-order valence-electron chi connectivity index (χ0n) is 12.2. The lowest BCUT2D eigenvalue weighted by atomic mass is 10.1. The van der Waals surface area contributed by atoms with Gasteiger partial charge in [-0.25, -0.2) is 22.2 Å². The van der Waals surface area contributed by atoms with Gasteiger partial charge in [0.2, 0.25) is 5.91 Å². The molecule has 126 valence electrons. The standard InChI is InChI=1S/C15H12F2N2O3S2/c16-11-2-1-10(6-12(11)17)13-7-23-15(18-13)19-14(20)5-9-3-4-24(21,22)8-9/h1-4,6-7,9H,5,8H2,(H,18,19,20). The summed E-state index contributed by atoms with van der Waals surface area (Å²) in [6, 6.07) is 3.44. The van der Waals surface area contributed by atoms with Crippen molar-refractivity contribution in [3.05, 3.63) is 46.7 Å². The van der Waals surface area contributed by atoms with Gasteiger partial charge in [0.25, 0.3) is 0 Å². The molecule has 0 radical (unpaired) electrons. The van der Waals surface area contributed by atoms with Gasteiger partial charge in [0.1, 0.15) is 0 Å². The first kappa shape index (κ1) is 16.7. The average molecular weight is 370 g/mol. The molecule has 1 aliphatic rings. The van der Waals surface area contributed by atoms with Crippen molar-refractivity contribution in [2.24, 2.45) is 5.92 Å². The van der Waals surface area contributed by atoms with E-state index < -0.39 is 21.5 Å². The van der Waals surface area contributed by atoms with Gasteiger partial charge in [-0.1, -0.05) is 6.08 Å². The molecule has 2 aromatic rings. The fraction of sp³-hybridized carbons (Fsp3) is 0.200. The van der Waals surface area contributed by atoms with E-state index >= 15 is 0 Å². The van der Waals surface area contributed by atoms with Gasteiger partial charge < -0.3 is 5.32 Å². The van der Waals surface area contributed by atoms with Crippen molar-refractivity contribution in [1.29, 1.82) is 0 Å². The number of carbonyl (C=O) groups excluding carboxylic acids is 1. The minimum atomic E-state index is -3.19. The van der Waals surface area contributed by atoms with E-state index in [1.54, 1.807) is 5.38 Å². The minimum Gasteiger partial charge on any atom is -0.302 e. The molecule has 1 aromatic carbocycles. The topological polar surface area (TPSA) is 76.1 Å². The number of thiazole rings is 1. The van der Waals surface area contributed by atoms with E-state index in [1.165, 1.54) is 12.1 Å². The third-order valence-electron chi connectivity index (χ3n) is 3.42. The van der Waals surface area contributed by atoms with Crippen molar-refractivity contribution in [3.8, 4) is 11.3 Å². The lowest BCUT2D eigenvalue weighted by molar-refractivity contribution is -0.116. The highest BCUT2D eigenvalue weighted by molar-refractivity contribution is 7.94. The molecule has 3 rings (SSSR count). The largest absolute Gasteiger partial charge is 0.302 e. The molecule has 0 bridgehead atoms. The molecule has 0 spiro atoms. The van der Waals surface area contributed by atoms with Crippen LogP contribution in [0.1, 0.15) is 6.42 Å². The Labute approximate surface area is 141 Å². The summed E-state index contributed by atoms with van der Waals surface area (Å²) in [6.07, 6.45) is 1.54. The van der Waals surface area contributed by atoms with E-state index in [4.69, 9.17) is 0 Å². The van der Waals surface area contributed by atoms with Crippen LogP contribution in [0.4, 0.5) is 13.9 Å². The Morgan fingerprint density at radius 1 is 1.33 bits per heavy atom. The van der Waals surface area contributed by atoms with Gasteiger partial charge in [0.05, 0.1) is 11.4 Å². The summed E-state index contributed by atoms with van der Waals surface area (Å²) in [4.78, 5) is 16.1. The maximum absolute atomic E-state index is 13.2. The van der Waals surface area contributed by atoms with E-state index in [2.05, 4.69) is 10.3 Å². The summed E-state index contributed by atoms with van der Waals surface area (Å²) >= 11 is 1.14. The average Bonchev–Trinajstić information content (AvgIpc) is 3.08. The smallest absolute Gasteiger partial charge is 0.226 e. The maximum atomic E-state index is 13.2. The normalized spacial score (nSPS) is 18.7. The Bertz CT molecular complexity index is 923. The molecule has 0 saturated heterocycles. The number of aromatic nitrogens is 1. The highest BCUT2D eigenvalue weighted by Gasteiger charge is 2.24. The van der Waals surface area contributed by atoms with Crippen LogP contribution in [0.2, 0.25) is 0 Å². The summed E-state index contributed by atoms with van der Waals surface area (Å²) in [7, 11) is -3.19. The van der Waals surface area contributed by atoms with E-state index in [-0.39, 0.29) is 24.0 Å². The number of halogens is 2. The molecule has 1 amide bonds. The fourth-order valence-corrected chi connectivity index (χ4v) is 4.43. The first-order chi connectivity index (χ1) is 11.3. The van der Waals surface area contributed by atoms with Crippen molar-refractivity contribution in [2.45, 2.75) is 6.42 Å². The van der Waals surface area contributed by atoms with Crippen molar-refractivity contribution >= 4 is 32.2 Å². The zero-order chi connectivity index (χ0) is 17.3. The lowest BCUT2D eigenvalue weighted by Gasteiger charge is -2.05. The second-order valence-electron chi connectivity index (χ2n) is 5.34. The number of sulfone groups is 1. The van der Waals surface area contributed by atoms with Gasteiger partial charge in [0.15, 0.2) is 26.6 Å². The Morgan fingerprint density at radius 2 is 2.12 bits per heavy atom. The summed E-state index contributed by atoms with van der Waals surface area (Å²) < 4.78 is 48.8. The number of allylic oxidation sites excluding steroid dienone is 1. The molecule has 1 atom stereocenters.